The molecule has 1 N–H and O–H groups in total. The van der Waals surface area contributed by atoms with Crippen molar-refractivity contribution in [1.82, 2.24) is 9.29 Å². The Hall–Kier alpha value is -1.44. The lowest BCUT2D eigenvalue weighted by atomic mass is 10.3. The van der Waals surface area contributed by atoms with Crippen LogP contribution in [0.4, 0.5) is 5.82 Å². The second-order valence-electron chi connectivity index (χ2n) is 4.70. The zero-order valence-corrected chi connectivity index (χ0v) is 13.7. The first-order chi connectivity index (χ1) is 10.0. The van der Waals surface area contributed by atoms with Crippen LogP contribution in [0.2, 0.25) is 0 Å². The fourth-order valence-corrected chi connectivity index (χ4v) is 3.56. The van der Waals surface area contributed by atoms with Crippen molar-refractivity contribution in [3.05, 3.63) is 40.7 Å². The summed E-state index contributed by atoms with van der Waals surface area (Å²) >= 11 is 1.56. The number of nitrogens with zero attached hydrogens (tertiary/aromatic N) is 2. The van der Waals surface area contributed by atoms with Crippen LogP contribution in [0.25, 0.3) is 0 Å². The normalized spacial score (nSPS) is 11.8. The Morgan fingerprint density at radius 1 is 1.33 bits per heavy atom. The number of aromatic nitrogens is 1. The Morgan fingerprint density at radius 3 is 2.71 bits per heavy atom. The molecule has 0 radical (unpaired) electrons. The Labute approximate surface area is 129 Å². The lowest BCUT2D eigenvalue weighted by molar-refractivity contribution is 0.467. The third-order valence-electron chi connectivity index (χ3n) is 2.99. The Morgan fingerprint density at radius 2 is 2.14 bits per heavy atom. The summed E-state index contributed by atoms with van der Waals surface area (Å²) < 4.78 is 26.2. The van der Waals surface area contributed by atoms with E-state index in [1.807, 2.05) is 16.8 Å². The van der Waals surface area contributed by atoms with Crippen molar-refractivity contribution in [3.8, 4) is 0 Å². The van der Waals surface area contributed by atoms with E-state index in [-0.39, 0.29) is 4.90 Å². The maximum absolute atomic E-state index is 12.5. The first kappa shape index (κ1) is 15.9. The van der Waals surface area contributed by atoms with Gasteiger partial charge in [0.15, 0.2) is 0 Å². The van der Waals surface area contributed by atoms with E-state index in [0.29, 0.717) is 12.4 Å². The molecular formula is C14H19N3O2S2. The van der Waals surface area contributed by atoms with Gasteiger partial charge < -0.3 is 5.32 Å². The van der Waals surface area contributed by atoms with E-state index in [1.165, 1.54) is 10.5 Å². The van der Waals surface area contributed by atoms with E-state index >= 15 is 0 Å². The van der Waals surface area contributed by atoms with E-state index in [2.05, 4.69) is 17.2 Å². The third-order valence-corrected chi connectivity index (χ3v) is 5.50. The van der Waals surface area contributed by atoms with Gasteiger partial charge in [0.2, 0.25) is 10.0 Å². The van der Waals surface area contributed by atoms with E-state index in [0.717, 1.165) is 18.5 Å². The molecule has 0 aliphatic carbocycles. The summed E-state index contributed by atoms with van der Waals surface area (Å²) in [6.07, 6.45) is 2.39. The molecule has 0 saturated heterocycles. The van der Waals surface area contributed by atoms with Gasteiger partial charge in [-0.2, -0.15) is 15.6 Å². The molecule has 2 aromatic rings. The van der Waals surface area contributed by atoms with E-state index < -0.39 is 10.0 Å². The quantitative estimate of drug-likeness (QED) is 0.850. The summed E-state index contributed by atoms with van der Waals surface area (Å²) in [7, 11) is -1.93. The summed E-state index contributed by atoms with van der Waals surface area (Å²) in [5, 5.41) is 7.00. The lowest BCUT2D eigenvalue weighted by Crippen LogP contribution is -2.26. The van der Waals surface area contributed by atoms with Crippen molar-refractivity contribution < 1.29 is 8.42 Å². The van der Waals surface area contributed by atoms with E-state index in [1.54, 1.807) is 30.5 Å². The molecule has 0 atom stereocenters. The van der Waals surface area contributed by atoms with E-state index in [4.69, 9.17) is 0 Å². The van der Waals surface area contributed by atoms with Crippen molar-refractivity contribution in [2.45, 2.75) is 24.8 Å². The largest absolute Gasteiger partial charge is 0.370 e. The van der Waals surface area contributed by atoms with Crippen LogP contribution in [-0.4, -0.2) is 31.3 Å². The molecule has 0 aliphatic heterocycles. The highest BCUT2D eigenvalue weighted by Crippen LogP contribution is 2.18. The van der Waals surface area contributed by atoms with Crippen molar-refractivity contribution in [2.24, 2.45) is 0 Å². The second kappa shape index (κ2) is 7.02. The van der Waals surface area contributed by atoms with Crippen LogP contribution in [0.15, 0.2) is 40.1 Å². The molecule has 21 heavy (non-hydrogen) atoms. The molecule has 0 spiro atoms. The van der Waals surface area contributed by atoms with Crippen molar-refractivity contribution in [3.63, 3.8) is 0 Å². The first-order valence-corrected chi connectivity index (χ1v) is 9.09. The standard InChI is InChI=1S/C14H19N3O2S2/c1-3-7-15-14-5-4-13(9-16-14)21(18,19)17(2)10-12-6-8-20-11-12/h4-6,8-9,11H,3,7,10H2,1-2H3,(H,15,16). The molecule has 5 nitrogen and oxygen atoms in total. The summed E-state index contributed by atoms with van der Waals surface area (Å²) in [6.45, 7) is 3.24. The van der Waals surface area contributed by atoms with Crippen LogP contribution in [0, 0.1) is 0 Å². The zero-order chi connectivity index (χ0) is 15.3. The van der Waals surface area contributed by atoms with E-state index in [9.17, 15) is 8.42 Å². The SMILES string of the molecule is CCCNc1ccc(S(=O)(=O)N(C)Cc2ccsc2)cn1. The summed E-state index contributed by atoms with van der Waals surface area (Å²) in [5.74, 6) is 0.691. The number of sulfonamides is 1. The molecule has 0 saturated carbocycles. The maximum atomic E-state index is 12.5. The number of hydrogen-bond acceptors (Lipinski definition) is 5. The molecule has 2 rings (SSSR count). The van der Waals surface area contributed by atoms with Gasteiger partial charge in [0.05, 0.1) is 0 Å². The monoisotopic (exact) mass is 325 g/mol. The fourth-order valence-electron chi connectivity index (χ4n) is 1.80. The van der Waals surface area contributed by atoms with Gasteiger partial charge in [0.1, 0.15) is 10.7 Å². The van der Waals surface area contributed by atoms with Crippen molar-refractivity contribution >= 4 is 27.2 Å². The third kappa shape index (κ3) is 4.03. The zero-order valence-electron chi connectivity index (χ0n) is 12.1. The average Bonchev–Trinajstić information content (AvgIpc) is 2.98. The van der Waals surface area contributed by atoms with Gasteiger partial charge in [-0.15, -0.1) is 0 Å². The number of hydrogen-bond donors (Lipinski definition) is 1. The van der Waals surface area contributed by atoms with Crippen LogP contribution in [0.5, 0.6) is 0 Å². The van der Waals surface area contributed by atoms with Gasteiger partial charge >= 0.3 is 0 Å². The number of thiophene rings is 1. The minimum atomic E-state index is -3.50. The molecule has 0 unspecified atom stereocenters. The van der Waals surface area contributed by atoms with Crippen LogP contribution < -0.4 is 5.32 Å². The van der Waals surface area contributed by atoms with Gasteiger partial charge in [0, 0.05) is 26.3 Å². The highest BCUT2D eigenvalue weighted by Gasteiger charge is 2.21. The smallest absolute Gasteiger partial charge is 0.244 e. The number of nitrogens with one attached hydrogen (secondary N) is 1. The van der Waals surface area contributed by atoms with Crippen molar-refractivity contribution in [2.75, 3.05) is 18.9 Å². The van der Waals surface area contributed by atoms with Gasteiger partial charge in [-0.05, 0) is 40.9 Å². The van der Waals surface area contributed by atoms with Gasteiger partial charge in [-0.25, -0.2) is 13.4 Å². The topological polar surface area (TPSA) is 62.3 Å². The molecule has 0 bridgehead atoms. The molecule has 0 aromatic carbocycles. The second-order valence-corrected chi connectivity index (χ2v) is 7.52. The minimum Gasteiger partial charge on any atom is -0.370 e. The van der Waals surface area contributed by atoms with Crippen LogP contribution in [0.3, 0.4) is 0 Å². The van der Waals surface area contributed by atoms with Crippen LogP contribution in [-0.2, 0) is 16.6 Å². The number of anilines is 1. The summed E-state index contributed by atoms with van der Waals surface area (Å²) in [4.78, 5) is 4.36. The predicted octanol–water partition coefficient (Wildman–Crippen LogP) is 2.79. The highest BCUT2D eigenvalue weighted by atomic mass is 32.2. The van der Waals surface area contributed by atoms with Gasteiger partial charge in [-0.1, -0.05) is 6.92 Å². The molecular weight excluding hydrogens is 306 g/mol. The molecule has 0 fully saturated rings. The fraction of sp³-hybridized carbons (Fsp3) is 0.357. The van der Waals surface area contributed by atoms with Crippen LogP contribution in [0.1, 0.15) is 18.9 Å². The molecule has 2 heterocycles. The molecule has 7 heteroatoms. The molecule has 114 valence electrons. The Kier molecular flexibility index (Phi) is 5.33. The maximum Gasteiger partial charge on any atom is 0.244 e. The minimum absolute atomic E-state index is 0.210. The average molecular weight is 325 g/mol. The lowest BCUT2D eigenvalue weighted by Gasteiger charge is -2.16. The molecule has 2 aromatic heterocycles. The molecule has 0 amide bonds. The first-order valence-electron chi connectivity index (χ1n) is 6.71. The van der Waals surface area contributed by atoms with Crippen LogP contribution >= 0.6 is 11.3 Å². The summed E-state index contributed by atoms with van der Waals surface area (Å²) in [6, 6.07) is 5.21. The predicted molar refractivity (Wildman–Crippen MR) is 86.0 cm³/mol. The van der Waals surface area contributed by atoms with Gasteiger partial charge in [-0.3, -0.25) is 0 Å². The summed E-state index contributed by atoms with van der Waals surface area (Å²) in [5.41, 5.74) is 0.986. The van der Waals surface area contributed by atoms with Crippen molar-refractivity contribution in [1.29, 1.82) is 0 Å². The number of pyridine rings is 1. The Bertz CT molecular complexity index is 652. The van der Waals surface area contributed by atoms with Gasteiger partial charge in [0.25, 0.3) is 0 Å². The Balaban J connectivity index is 2.11. The highest BCUT2D eigenvalue weighted by molar-refractivity contribution is 7.89. The number of rotatable bonds is 7. The molecule has 0 aliphatic rings.